The zero-order chi connectivity index (χ0) is 17.5. The maximum Gasteiger partial charge on any atom is 0.321 e. The van der Waals surface area contributed by atoms with Gasteiger partial charge < -0.3 is 24.8 Å². The van der Waals surface area contributed by atoms with E-state index in [0.717, 1.165) is 11.4 Å². The Morgan fingerprint density at radius 3 is 2.08 bits per heavy atom. The number of benzene rings is 1. The van der Waals surface area contributed by atoms with Gasteiger partial charge in [0.05, 0.1) is 7.11 Å². The smallest absolute Gasteiger partial charge is 0.321 e. The predicted octanol–water partition coefficient (Wildman–Crippen LogP) is 2.31. The molecule has 0 saturated carbocycles. The second-order valence-electron chi connectivity index (χ2n) is 5.59. The van der Waals surface area contributed by atoms with Crippen molar-refractivity contribution in [3.8, 4) is 5.75 Å². The summed E-state index contributed by atoms with van der Waals surface area (Å²) in [7, 11) is 1.60. The third-order valence-corrected chi connectivity index (χ3v) is 4.21. The molecule has 4 amide bonds. The maximum absolute atomic E-state index is 12.3. The van der Waals surface area contributed by atoms with Crippen molar-refractivity contribution in [1.29, 1.82) is 0 Å². The molecule has 1 aromatic carbocycles. The molecule has 0 aromatic heterocycles. The van der Waals surface area contributed by atoms with Crippen LogP contribution < -0.4 is 10.1 Å². The van der Waals surface area contributed by atoms with Crippen molar-refractivity contribution in [2.24, 2.45) is 0 Å². The number of hydrogen-bond donors (Lipinski definition) is 1. The lowest BCUT2D eigenvalue weighted by molar-refractivity contribution is 0.125. The van der Waals surface area contributed by atoms with Crippen LogP contribution in [0.1, 0.15) is 13.8 Å². The fraction of sp³-hybridized carbons (Fsp3) is 0.529. The molecule has 1 saturated heterocycles. The summed E-state index contributed by atoms with van der Waals surface area (Å²) in [5.41, 5.74) is 0.724. The largest absolute Gasteiger partial charge is 0.497 e. The number of rotatable bonds is 4. The van der Waals surface area contributed by atoms with Gasteiger partial charge >= 0.3 is 12.1 Å². The van der Waals surface area contributed by atoms with Crippen LogP contribution in [0.2, 0.25) is 0 Å². The molecule has 0 bridgehead atoms. The normalized spacial score (nSPS) is 14.3. The molecule has 1 aliphatic heterocycles. The quantitative estimate of drug-likeness (QED) is 0.919. The van der Waals surface area contributed by atoms with E-state index in [1.54, 1.807) is 41.2 Å². The van der Waals surface area contributed by atoms with Gasteiger partial charge in [0.25, 0.3) is 0 Å². The van der Waals surface area contributed by atoms with Gasteiger partial charge in [-0.3, -0.25) is 0 Å². The van der Waals surface area contributed by atoms with E-state index in [1.807, 2.05) is 18.7 Å². The van der Waals surface area contributed by atoms with Gasteiger partial charge in [0.2, 0.25) is 0 Å². The Balaban J connectivity index is 1.84. The average Bonchev–Trinajstić information content (AvgIpc) is 2.63. The van der Waals surface area contributed by atoms with Crippen LogP contribution in [-0.4, -0.2) is 73.1 Å². The molecule has 0 aliphatic carbocycles. The summed E-state index contributed by atoms with van der Waals surface area (Å²) in [6.45, 7) is 7.54. The van der Waals surface area contributed by atoms with Crippen LogP contribution in [-0.2, 0) is 0 Å². The van der Waals surface area contributed by atoms with Crippen LogP contribution in [0.15, 0.2) is 24.3 Å². The van der Waals surface area contributed by atoms with E-state index >= 15 is 0 Å². The Morgan fingerprint density at radius 2 is 1.58 bits per heavy atom. The molecular weight excluding hydrogens is 308 g/mol. The highest BCUT2D eigenvalue weighted by Crippen LogP contribution is 2.16. The topological polar surface area (TPSA) is 65.1 Å². The van der Waals surface area contributed by atoms with E-state index in [2.05, 4.69) is 5.32 Å². The second kappa shape index (κ2) is 8.42. The number of methoxy groups -OCH3 is 1. The number of nitrogens with zero attached hydrogens (tertiary/aromatic N) is 3. The molecular formula is C17H26N4O3. The summed E-state index contributed by atoms with van der Waals surface area (Å²) in [6.07, 6.45) is 0. The molecule has 24 heavy (non-hydrogen) atoms. The van der Waals surface area contributed by atoms with E-state index in [-0.39, 0.29) is 12.1 Å². The molecule has 132 valence electrons. The van der Waals surface area contributed by atoms with Crippen LogP contribution in [0.4, 0.5) is 15.3 Å². The van der Waals surface area contributed by atoms with Gasteiger partial charge in [0, 0.05) is 45.0 Å². The van der Waals surface area contributed by atoms with Crippen molar-refractivity contribution in [3.63, 3.8) is 0 Å². The number of nitrogens with one attached hydrogen (secondary N) is 1. The van der Waals surface area contributed by atoms with E-state index in [0.29, 0.717) is 39.3 Å². The number of carbonyl (C=O) groups is 2. The van der Waals surface area contributed by atoms with Crippen molar-refractivity contribution in [3.05, 3.63) is 24.3 Å². The van der Waals surface area contributed by atoms with Gasteiger partial charge in [-0.15, -0.1) is 0 Å². The Kier molecular flexibility index (Phi) is 6.28. The monoisotopic (exact) mass is 334 g/mol. The van der Waals surface area contributed by atoms with Crippen molar-refractivity contribution in [2.75, 3.05) is 51.7 Å². The third-order valence-electron chi connectivity index (χ3n) is 4.21. The fourth-order valence-electron chi connectivity index (χ4n) is 2.67. The fourth-order valence-corrected chi connectivity index (χ4v) is 2.67. The van der Waals surface area contributed by atoms with Crippen molar-refractivity contribution in [2.45, 2.75) is 13.8 Å². The summed E-state index contributed by atoms with van der Waals surface area (Å²) in [5, 5.41) is 2.87. The zero-order valence-electron chi connectivity index (χ0n) is 14.6. The lowest BCUT2D eigenvalue weighted by Gasteiger charge is -2.37. The number of anilines is 1. The average molecular weight is 334 g/mol. The van der Waals surface area contributed by atoms with Gasteiger partial charge in [-0.2, -0.15) is 0 Å². The van der Waals surface area contributed by atoms with Crippen LogP contribution >= 0.6 is 0 Å². The van der Waals surface area contributed by atoms with Gasteiger partial charge in [-0.25, -0.2) is 9.59 Å². The molecule has 1 heterocycles. The molecule has 7 nitrogen and oxygen atoms in total. The number of urea groups is 2. The van der Waals surface area contributed by atoms with Crippen LogP contribution in [0.25, 0.3) is 0 Å². The molecule has 2 rings (SSSR count). The Bertz CT molecular complexity index is 549. The number of ether oxygens (including phenoxy) is 1. The highest BCUT2D eigenvalue weighted by atomic mass is 16.5. The molecule has 0 unspecified atom stereocenters. The summed E-state index contributed by atoms with van der Waals surface area (Å²) in [6, 6.07) is 7.12. The first kappa shape index (κ1) is 17.9. The standard InChI is InChI=1S/C17H26N4O3/c1-4-19(5-2)17(23)21-12-10-20(11-13-21)16(22)18-14-6-8-15(24-3)9-7-14/h6-9H,4-5,10-13H2,1-3H3,(H,18,22). The first-order chi connectivity index (χ1) is 11.6. The SMILES string of the molecule is CCN(CC)C(=O)N1CCN(C(=O)Nc2ccc(OC)cc2)CC1. The summed E-state index contributed by atoms with van der Waals surface area (Å²) < 4.78 is 5.10. The van der Waals surface area contributed by atoms with Gasteiger partial charge in [-0.1, -0.05) is 0 Å². The van der Waals surface area contributed by atoms with Crippen LogP contribution in [0.5, 0.6) is 5.75 Å². The first-order valence-electron chi connectivity index (χ1n) is 8.32. The van der Waals surface area contributed by atoms with E-state index < -0.39 is 0 Å². The van der Waals surface area contributed by atoms with Crippen molar-refractivity contribution in [1.82, 2.24) is 14.7 Å². The minimum absolute atomic E-state index is 0.0511. The van der Waals surface area contributed by atoms with Gasteiger partial charge in [0.1, 0.15) is 5.75 Å². The molecule has 0 atom stereocenters. The molecule has 1 N–H and O–H groups in total. The van der Waals surface area contributed by atoms with Gasteiger partial charge in [-0.05, 0) is 38.1 Å². The lowest BCUT2D eigenvalue weighted by atomic mass is 10.3. The lowest BCUT2D eigenvalue weighted by Crippen LogP contribution is -2.54. The predicted molar refractivity (Wildman–Crippen MR) is 93.5 cm³/mol. The summed E-state index contributed by atoms with van der Waals surface area (Å²) >= 11 is 0. The number of amides is 4. The highest BCUT2D eigenvalue weighted by Gasteiger charge is 2.26. The Hall–Kier alpha value is -2.44. The molecule has 0 radical (unpaired) electrons. The zero-order valence-corrected chi connectivity index (χ0v) is 14.6. The molecule has 1 aromatic rings. The molecule has 7 heteroatoms. The van der Waals surface area contributed by atoms with Crippen molar-refractivity contribution < 1.29 is 14.3 Å². The maximum atomic E-state index is 12.3. The Morgan fingerprint density at radius 1 is 1.04 bits per heavy atom. The molecule has 0 spiro atoms. The molecule has 1 aliphatic rings. The minimum atomic E-state index is -0.143. The summed E-state index contributed by atoms with van der Waals surface area (Å²) in [5.74, 6) is 0.747. The number of hydrogen-bond acceptors (Lipinski definition) is 3. The van der Waals surface area contributed by atoms with Crippen LogP contribution in [0.3, 0.4) is 0 Å². The van der Waals surface area contributed by atoms with Crippen LogP contribution in [0, 0.1) is 0 Å². The third kappa shape index (κ3) is 4.31. The van der Waals surface area contributed by atoms with E-state index in [4.69, 9.17) is 4.74 Å². The molecule has 1 fully saturated rings. The van der Waals surface area contributed by atoms with E-state index in [9.17, 15) is 9.59 Å². The van der Waals surface area contributed by atoms with E-state index in [1.165, 1.54) is 0 Å². The first-order valence-corrected chi connectivity index (χ1v) is 8.32. The second-order valence-corrected chi connectivity index (χ2v) is 5.59. The number of carbonyl (C=O) groups excluding carboxylic acids is 2. The Labute approximate surface area is 143 Å². The number of piperazine rings is 1. The van der Waals surface area contributed by atoms with Gasteiger partial charge in [0.15, 0.2) is 0 Å². The van der Waals surface area contributed by atoms with Crippen molar-refractivity contribution >= 4 is 17.7 Å². The minimum Gasteiger partial charge on any atom is -0.497 e. The highest BCUT2D eigenvalue weighted by molar-refractivity contribution is 5.89. The summed E-state index contributed by atoms with van der Waals surface area (Å²) in [4.78, 5) is 30.0.